The van der Waals surface area contributed by atoms with Crippen molar-refractivity contribution in [2.45, 2.75) is 26.2 Å². The number of hydrogen-bond acceptors (Lipinski definition) is 3. The molecule has 0 bridgehead atoms. The third kappa shape index (κ3) is 3.19. The average molecular weight is 358 g/mol. The normalized spacial score (nSPS) is 10.7. The summed E-state index contributed by atoms with van der Waals surface area (Å²) in [4.78, 5) is 5.73. The van der Waals surface area contributed by atoms with Crippen LogP contribution in [-0.4, -0.2) is 4.98 Å². The third-order valence-corrected chi connectivity index (χ3v) is 4.57. The van der Waals surface area contributed by atoms with Gasteiger partial charge in [0.05, 0.1) is 5.69 Å². The van der Waals surface area contributed by atoms with Crippen molar-refractivity contribution >= 4 is 39.1 Å². The van der Waals surface area contributed by atoms with Gasteiger partial charge in [0.1, 0.15) is 0 Å². The molecule has 90 valence electrons. The Hall–Kier alpha value is -0.620. The summed E-state index contributed by atoms with van der Waals surface area (Å²) < 4.78 is 1.31. The van der Waals surface area contributed by atoms with Crippen molar-refractivity contribution in [1.82, 2.24) is 4.98 Å². The lowest BCUT2D eigenvalue weighted by Crippen LogP contribution is -1.94. The van der Waals surface area contributed by atoms with Crippen LogP contribution in [0.25, 0.3) is 0 Å². The molecule has 0 unspecified atom stereocenters. The van der Waals surface area contributed by atoms with Crippen molar-refractivity contribution in [3.8, 4) is 0 Å². The molecule has 0 spiro atoms. The van der Waals surface area contributed by atoms with Gasteiger partial charge in [0, 0.05) is 14.9 Å². The maximum Gasteiger partial charge on any atom is 0.180 e. The summed E-state index contributed by atoms with van der Waals surface area (Å²) in [6, 6.07) is 8.47. The Morgan fingerprint density at radius 1 is 1.35 bits per heavy atom. The second-order valence-electron chi connectivity index (χ2n) is 3.94. The van der Waals surface area contributed by atoms with E-state index >= 15 is 0 Å². The van der Waals surface area contributed by atoms with Crippen LogP contribution < -0.4 is 5.73 Å². The molecular formula is C13H15IN2S. The highest BCUT2D eigenvalue weighted by Crippen LogP contribution is 2.26. The van der Waals surface area contributed by atoms with Crippen LogP contribution in [0.4, 0.5) is 5.13 Å². The van der Waals surface area contributed by atoms with Crippen molar-refractivity contribution < 1.29 is 0 Å². The number of nitrogens with zero attached hydrogens (tertiary/aromatic N) is 1. The minimum Gasteiger partial charge on any atom is -0.375 e. The summed E-state index contributed by atoms with van der Waals surface area (Å²) in [6.07, 6.45) is 3.08. The van der Waals surface area contributed by atoms with E-state index in [0.717, 1.165) is 19.3 Å². The second-order valence-corrected chi connectivity index (χ2v) is 6.22. The fraction of sp³-hybridized carbons (Fsp3) is 0.308. The van der Waals surface area contributed by atoms with Gasteiger partial charge in [-0.25, -0.2) is 4.98 Å². The molecule has 0 saturated carbocycles. The van der Waals surface area contributed by atoms with E-state index in [2.05, 4.69) is 58.8 Å². The van der Waals surface area contributed by atoms with Crippen molar-refractivity contribution in [2.24, 2.45) is 0 Å². The number of hydrogen-bond donors (Lipinski definition) is 1. The number of rotatable bonds is 4. The molecule has 2 aromatic rings. The van der Waals surface area contributed by atoms with E-state index in [1.165, 1.54) is 19.7 Å². The molecule has 0 saturated heterocycles. The number of aromatic nitrogens is 1. The molecule has 0 fully saturated rings. The zero-order valence-electron chi connectivity index (χ0n) is 9.74. The highest BCUT2D eigenvalue weighted by atomic mass is 127. The van der Waals surface area contributed by atoms with Gasteiger partial charge in [-0.1, -0.05) is 31.5 Å². The van der Waals surface area contributed by atoms with Crippen LogP contribution in [0.2, 0.25) is 0 Å². The van der Waals surface area contributed by atoms with E-state index in [-0.39, 0.29) is 0 Å². The molecule has 1 aromatic carbocycles. The molecule has 0 atom stereocenters. The molecule has 0 amide bonds. The zero-order valence-corrected chi connectivity index (χ0v) is 12.7. The molecule has 0 radical (unpaired) electrons. The molecule has 0 aliphatic carbocycles. The molecule has 1 aromatic heterocycles. The Balaban J connectivity index is 2.26. The number of aryl methyl sites for hydroxylation is 1. The number of benzene rings is 1. The molecule has 2 nitrogen and oxygen atoms in total. The van der Waals surface area contributed by atoms with Crippen molar-refractivity contribution in [1.29, 1.82) is 0 Å². The van der Waals surface area contributed by atoms with Crippen LogP contribution >= 0.6 is 33.9 Å². The molecule has 17 heavy (non-hydrogen) atoms. The molecule has 2 rings (SSSR count). The van der Waals surface area contributed by atoms with Crippen LogP contribution in [0.3, 0.4) is 0 Å². The van der Waals surface area contributed by atoms with Gasteiger partial charge in [-0.3, -0.25) is 0 Å². The molecule has 2 N–H and O–H groups in total. The first-order valence-corrected chi connectivity index (χ1v) is 7.57. The maximum atomic E-state index is 5.81. The predicted octanol–water partition coefficient (Wildman–Crippen LogP) is 3.87. The van der Waals surface area contributed by atoms with Gasteiger partial charge in [-0.05, 0) is 40.6 Å². The van der Waals surface area contributed by atoms with Crippen molar-refractivity contribution in [3.63, 3.8) is 0 Å². The summed E-state index contributed by atoms with van der Waals surface area (Å²) in [5.74, 6) is 0. The molecule has 0 aliphatic heterocycles. The monoisotopic (exact) mass is 358 g/mol. The Kier molecular flexibility index (Phi) is 4.39. The molecule has 4 heteroatoms. The third-order valence-electron chi connectivity index (χ3n) is 2.59. The number of nitrogen functional groups attached to an aromatic ring is 1. The van der Waals surface area contributed by atoms with E-state index in [1.54, 1.807) is 11.3 Å². The summed E-state index contributed by atoms with van der Waals surface area (Å²) in [6.45, 7) is 2.17. The fourth-order valence-electron chi connectivity index (χ4n) is 1.79. The summed E-state index contributed by atoms with van der Waals surface area (Å²) in [7, 11) is 0. The standard InChI is InChI=1S/C13H15IN2S/c1-2-5-11-12(17-13(15)16-11)8-9-6-3-4-7-10(9)14/h3-4,6-7H,2,5,8H2,1H3,(H2,15,16). The predicted molar refractivity (Wildman–Crippen MR) is 82.5 cm³/mol. The number of thiazole rings is 1. The molecule has 0 aliphatic rings. The summed E-state index contributed by atoms with van der Waals surface area (Å²) >= 11 is 4.00. The summed E-state index contributed by atoms with van der Waals surface area (Å²) in [5.41, 5.74) is 8.34. The van der Waals surface area contributed by atoms with E-state index in [1.807, 2.05) is 0 Å². The Bertz CT molecular complexity index is 508. The lowest BCUT2D eigenvalue weighted by molar-refractivity contribution is 0.879. The smallest absolute Gasteiger partial charge is 0.180 e. The first kappa shape index (κ1) is 12.8. The van der Waals surface area contributed by atoms with E-state index < -0.39 is 0 Å². The number of halogens is 1. The largest absolute Gasteiger partial charge is 0.375 e. The van der Waals surface area contributed by atoms with E-state index in [0.29, 0.717) is 5.13 Å². The van der Waals surface area contributed by atoms with E-state index in [4.69, 9.17) is 5.73 Å². The lowest BCUT2D eigenvalue weighted by Gasteiger charge is -2.04. The average Bonchev–Trinajstić information content (AvgIpc) is 2.63. The van der Waals surface area contributed by atoms with Gasteiger partial charge in [0.2, 0.25) is 0 Å². The first-order chi connectivity index (χ1) is 8.20. The van der Waals surface area contributed by atoms with Crippen LogP contribution in [0.5, 0.6) is 0 Å². The van der Waals surface area contributed by atoms with Crippen molar-refractivity contribution in [3.05, 3.63) is 44.0 Å². The highest BCUT2D eigenvalue weighted by Gasteiger charge is 2.10. The highest BCUT2D eigenvalue weighted by molar-refractivity contribution is 14.1. The first-order valence-electron chi connectivity index (χ1n) is 5.68. The van der Waals surface area contributed by atoms with Gasteiger partial charge in [0.25, 0.3) is 0 Å². The van der Waals surface area contributed by atoms with Gasteiger partial charge in [-0.15, -0.1) is 11.3 Å². The van der Waals surface area contributed by atoms with Crippen LogP contribution in [-0.2, 0) is 12.8 Å². The Labute approximate surface area is 119 Å². The van der Waals surface area contributed by atoms with Crippen molar-refractivity contribution in [2.75, 3.05) is 5.73 Å². The van der Waals surface area contributed by atoms with Gasteiger partial charge in [0.15, 0.2) is 5.13 Å². The lowest BCUT2D eigenvalue weighted by atomic mass is 10.1. The molecule has 1 heterocycles. The zero-order chi connectivity index (χ0) is 12.3. The van der Waals surface area contributed by atoms with Crippen LogP contribution in [0.1, 0.15) is 29.5 Å². The topological polar surface area (TPSA) is 38.9 Å². The fourth-order valence-corrected chi connectivity index (χ4v) is 3.27. The molecular weight excluding hydrogens is 343 g/mol. The van der Waals surface area contributed by atoms with Gasteiger partial charge in [-0.2, -0.15) is 0 Å². The minimum absolute atomic E-state index is 0.689. The minimum atomic E-state index is 0.689. The van der Waals surface area contributed by atoms with Crippen LogP contribution in [0.15, 0.2) is 24.3 Å². The second kappa shape index (κ2) is 5.82. The SMILES string of the molecule is CCCc1nc(N)sc1Cc1ccccc1I. The van der Waals surface area contributed by atoms with Crippen LogP contribution in [0, 0.1) is 3.57 Å². The number of anilines is 1. The Morgan fingerprint density at radius 2 is 2.12 bits per heavy atom. The number of nitrogens with two attached hydrogens (primary N) is 1. The Morgan fingerprint density at radius 3 is 2.82 bits per heavy atom. The van der Waals surface area contributed by atoms with Gasteiger partial charge < -0.3 is 5.73 Å². The maximum absolute atomic E-state index is 5.81. The quantitative estimate of drug-likeness (QED) is 0.843. The van der Waals surface area contributed by atoms with Gasteiger partial charge >= 0.3 is 0 Å². The summed E-state index contributed by atoms with van der Waals surface area (Å²) in [5, 5.41) is 0.689. The van der Waals surface area contributed by atoms with E-state index in [9.17, 15) is 0 Å².